The summed E-state index contributed by atoms with van der Waals surface area (Å²) in [6, 6.07) is 4.66. The molecule has 0 aliphatic carbocycles. The van der Waals surface area contributed by atoms with Gasteiger partial charge in [-0.3, -0.25) is 0 Å². The van der Waals surface area contributed by atoms with Crippen molar-refractivity contribution in [1.29, 1.82) is 0 Å². The Morgan fingerprint density at radius 1 is 1.24 bits per heavy atom. The third kappa shape index (κ3) is 3.69. The highest BCUT2D eigenvalue weighted by Gasteiger charge is 2.19. The number of nitrogen functional groups attached to an aromatic ring is 1. The van der Waals surface area contributed by atoms with Gasteiger partial charge in [0.15, 0.2) is 8.68 Å². The normalized spacial score (nSPS) is 12.0. The molecule has 1 heterocycles. The van der Waals surface area contributed by atoms with Gasteiger partial charge in [-0.15, -0.1) is 10.2 Å². The van der Waals surface area contributed by atoms with Gasteiger partial charge >= 0.3 is 0 Å². The van der Waals surface area contributed by atoms with Crippen LogP contribution in [-0.2, 0) is 10.0 Å². The van der Waals surface area contributed by atoms with Crippen molar-refractivity contribution >= 4 is 50.6 Å². The number of sulfonamides is 1. The van der Waals surface area contributed by atoms with E-state index < -0.39 is 10.0 Å². The minimum absolute atomic E-state index is 0.207. The molecule has 0 saturated heterocycles. The summed E-state index contributed by atoms with van der Waals surface area (Å²) >= 11 is 4.27. The van der Waals surface area contributed by atoms with E-state index in [2.05, 4.69) is 10.2 Å². The third-order valence-corrected chi connectivity index (χ3v) is 7.36. The monoisotopic (exact) mass is 362 g/mol. The number of nitrogens with zero attached hydrogens (tertiary/aromatic N) is 3. The lowest BCUT2D eigenvalue weighted by atomic mass is 10.3. The zero-order valence-corrected chi connectivity index (χ0v) is 14.9. The first-order valence-corrected chi connectivity index (χ1v) is 10.0. The van der Waals surface area contributed by atoms with Crippen LogP contribution in [0.1, 0.15) is 0 Å². The Morgan fingerprint density at radius 3 is 2.48 bits per heavy atom. The number of rotatable bonds is 5. The van der Waals surface area contributed by atoms with E-state index in [-0.39, 0.29) is 4.90 Å². The van der Waals surface area contributed by atoms with E-state index in [1.807, 2.05) is 6.26 Å². The van der Waals surface area contributed by atoms with Gasteiger partial charge in [0, 0.05) is 24.7 Å². The maximum Gasteiger partial charge on any atom is 0.242 e. The van der Waals surface area contributed by atoms with Crippen LogP contribution in [0.15, 0.2) is 36.7 Å². The second kappa shape index (κ2) is 6.53. The van der Waals surface area contributed by atoms with Crippen LogP contribution < -0.4 is 5.73 Å². The van der Waals surface area contributed by atoms with Crippen LogP contribution in [-0.4, -0.2) is 43.3 Å². The maximum absolute atomic E-state index is 12.1. The van der Waals surface area contributed by atoms with Crippen LogP contribution in [0.25, 0.3) is 0 Å². The van der Waals surface area contributed by atoms with Gasteiger partial charge in [0.2, 0.25) is 10.0 Å². The molecule has 21 heavy (non-hydrogen) atoms. The topological polar surface area (TPSA) is 89.2 Å². The minimum atomic E-state index is -3.48. The molecule has 0 bridgehead atoms. The molecule has 1 aromatic heterocycles. The summed E-state index contributed by atoms with van der Waals surface area (Å²) in [4.78, 5) is 0.862. The molecule has 0 radical (unpaired) electrons. The van der Waals surface area contributed by atoms with E-state index in [4.69, 9.17) is 5.73 Å². The summed E-state index contributed by atoms with van der Waals surface area (Å²) in [5.74, 6) is 0. The third-order valence-electron chi connectivity index (χ3n) is 2.52. The molecule has 0 unspecified atom stereocenters. The number of thioether (sulfide) groups is 1. The molecule has 0 atom stereocenters. The SMILES string of the molecule is CSc1nnc(Sc2cc(S(=O)(=O)N(C)C)ccc2N)s1. The maximum atomic E-state index is 12.1. The molecule has 1 aromatic carbocycles. The van der Waals surface area contributed by atoms with Gasteiger partial charge in [-0.25, -0.2) is 12.7 Å². The number of benzene rings is 1. The van der Waals surface area contributed by atoms with Crippen molar-refractivity contribution < 1.29 is 8.42 Å². The summed E-state index contributed by atoms with van der Waals surface area (Å²) in [6.07, 6.45) is 1.92. The summed E-state index contributed by atoms with van der Waals surface area (Å²) in [5.41, 5.74) is 6.43. The molecule has 114 valence electrons. The lowest BCUT2D eigenvalue weighted by molar-refractivity contribution is 0.520. The average molecular weight is 363 g/mol. The van der Waals surface area contributed by atoms with Crippen LogP contribution in [0.3, 0.4) is 0 Å². The smallest absolute Gasteiger partial charge is 0.242 e. The Bertz CT molecular complexity index is 742. The highest BCUT2D eigenvalue weighted by Crippen LogP contribution is 2.36. The number of anilines is 1. The molecule has 0 aliphatic rings. The predicted octanol–water partition coefficient (Wildman–Crippen LogP) is 2.24. The molecular weight excluding hydrogens is 348 g/mol. The van der Waals surface area contributed by atoms with Crippen LogP contribution in [0.2, 0.25) is 0 Å². The van der Waals surface area contributed by atoms with E-state index in [0.29, 0.717) is 10.6 Å². The Morgan fingerprint density at radius 2 is 1.90 bits per heavy atom. The zero-order valence-electron chi connectivity index (χ0n) is 11.6. The van der Waals surface area contributed by atoms with Crippen LogP contribution >= 0.6 is 34.9 Å². The zero-order chi connectivity index (χ0) is 15.6. The molecule has 2 N–H and O–H groups in total. The molecule has 0 saturated carbocycles. The second-order valence-electron chi connectivity index (χ2n) is 4.13. The Kier molecular flexibility index (Phi) is 5.15. The Labute approximate surface area is 136 Å². The quantitative estimate of drug-likeness (QED) is 0.644. The second-order valence-corrected chi connectivity index (χ2v) is 9.60. The van der Waals surface area contributed by atoms with Gasteiger partial charge in [0.1, 0.15) is 0 Å². The lowest BCUT2D eigenvalue weighted by Crippen LogP contribution is -2.22. The van der Waals surface area contributed by atoms with Gasteiger partial charge in [0.25, 0.3) is 0 Å². The van der Waals surface area contributed by atoms with Crippen molar-refractivity contribution in [3.05, 3.63) is 18.2 Å². The van der Waals surface area contributed by atoms with Crippen molar-refractivity contribution in [2.45, 2.75) is 18.5 Å². The predicted molar refractivity (Wildman–Crippen MR) is 87.5 cm³/mol. The summed E-state index contributed by atoms with van der Waals surface area (Å²) < 4.78 is 27.0. The number of hydrogen-bond acceptors (Lipinski definition) is 8. The van der Waals surface area contributed by atoms with Crippen molar-refractivity contribution in [2.24, 2.45) is 0 Å². The van der Waals surface area contributed by atoms with E-state index in [1.54, 1.807) is 12.1 Å². The molecule has 0 fully saturated rings. The fourth-order valence-corrected chi connectivity index (χ4v) is 4.87. The first-order valence-electron chi connectivity index (χ1n) is 5.72. The van der Waals surface area contributed by atoms with Gasteiger partial charge in [-0.1, -0.05) is 34.9 Å². The Hall–Kier alpha value is -0.810. The van der Waals surface area contributed by atoms with Crippen LogP contribution in [0, 0.1) is 0 Å². The molecule has 2 rings (SSSR count). The van der Waals surface area contributed by atoms with E-state index in [0.717, 1.165) is 8.68 Å². The first-order chi connectivity index (χ1) is 9.84. The number of aromatic nitrogens is 2. The van der Waals surface area contributed by atoms with Gasteiger partial charge in [-0.2, -0.15) is 0 Å². The Balaban J connectivity index is 2.36. The average Bonchev–Trinajstić information content (AvgIpc) is 2.88. The highest BCUT2D eigenvalue weighted by atomic mass is 32.2. The van der Waals surface area contributed by atoms with Gasteiger partial charge in [0.05, 0.1) is 4.90 Å². The fraction of sp³-hybridized carbons (Fsp3) is 0.273. The standard InChI is InChI=1S/C11H14N4O2S4/c1-15(2)21(16,17)7-4-5-8(12)9(6-7)19-11-14-13-10(18-3)20-11/h4-6H,12H2,1-3H3. The minimum Gasteiger partial charge on any atom is -0.398 e. The largest absolute Gasteiger partial charge is 0.398 e. The molecule has 10 heteroatoms. The summed E-state index contributed by atoms with van der Waals surface area (Å²) in [7, 11) is -0.492. The van der Waals surface area contributed by atoms with E-state index in [9.17, 15) is 8.42 Å². The van der Waals surface area contributed by atoms with E-state index >= 15 is 0 Å². The first kappa shape index (κ1) is 16.6. The van der Waals surface area contributed by atoms with Gasteiger partial charge in [-0.05, 0) is 24.5 Å². The summed E-state index contributed by atoms with van der Waals surface area (Å²) in [6.45, 7) is 0. The molecule has 0 amide bonds. The molecular formula is C11H14N4O2S4. The molecule has 0 spiro atoms. The fourth-order valence-electron chi connectivity index (χ4n) is 1.39. The van der Waals surface area contributed by atoms with Crippen molar-refractivity contribution in [1.82, 2.24) is 14.5 Å². The number of hydrogen-bond donors (Lipinski definition) is 1. The highest BCUT2D eigenvalue weighted by molar-refractivity contribution is 8.03. The van der Waals surface area contributed by atoms with Crippen molar-refractivity contribution in [3.63, 3.8) is 0 Å². The molecule has 6 nitrogen and oxygen atoms in total. The van der Waals surface area contributed by atoms with Crippen LogP contribution in [0.5, 0.6) is 0 Å². The van der Waals surface area contributed by atoms with Gasteiger partial charge < -0.3 is 5.73 Å². The number of nitrogens with two attached hydrogens (primary N) is 1. The van der Waals surface area contributed by atoms with Crippen LogP contribution in [0.4, 0.5) is 5.69 Å². The van der Waals surface area contributed by atoms with E-state index in [1.165, 1.54) is 59.3 Å². The molecule has 0 aliphatic heterocycles. The summed E-state index contributed by atoms with van der Waals surface area (Å²) in [5, 5.41) is 8.05. The molecule has 2 aromatic rings. The lowest BCUT2D eigenvalue weighted by Gasteiger charge is -2.12. The van der Waals surface area contributed by atoms with Crippen molar-refractivity contribution in [2.75, 3.05) is 26.1 Å². The van der Waals surface area contributed by atoms with Crippen molar-refractivity contribution in [3.8, 4) is 0 Å².